The summed E-state index contributed by atoms with van der Waals surface area (Å²) in [6.45, 7) is 0. The SMILES string of the molecule is Fc1cccc(NC(c2ccccc2)C(F)(F)F)c1F. The smallest absolute Gasteiger partial charge is 0.368 e. The lowest BCUT2D eigenvalue weighted by Crippen LogP contribution is -2.28. The van der Waals surface area contributed by atoms with Crippen molar-refractivity contribution in [3.63, 3.8) is 0 Å². The predicted octanol–water partition coefficient (Wildman–Crippen LogP) is 4.68. The average molecular weight is 287 g/mol. The van der Waals surface area contributed by atoms with E-state index in [0.29, 0.717) is 0 Å². The van der Waals surface area contributed by atoms with Gasteiger partial charge in [0.05, 0.1) is 5.69 Å². The number of anilines is 1. The van der Waals surface area contributed by atoms with Gasteiger partial charge in [-0.1, -0.05) is 36.4 Å². The lowest BCUT2D eigenvalue weighted by Gasteiger charge is -2.23. The van der Waals surface area contributed by atoms with Gasteiger partial charge in [-0.15, -0.1) is 0 Å². The minimum absolute atomic E-state index is 0.0799. The average Bonchev–Trinajstić information content (AvgIpc) is 2.40. The zero-order chi connectivity index (χ0) is 14.8. The summed E-state index contributed by atoms with van der Waals surface area (Å²) in [6.07, 6.45) is -4.64. The monoisotopic (exact) mass is 287 g/mol. The third-order valence-corrected chi connectivity index (χ3v) is 2.71. The molecule has 0 aliphatic rings. The highest BCUT2D eigenvalue weighted by Gasteiger charge is 2.41. The van der Waals surface area contributed by atoms with E-state index in [4.69, 9.17) is 0 Å². The van der Waals surface area contributed by atoms with Crippen LogP contribution in [-0.4, -0.2) is 6.18 Å². The highest BCUT2D eigenvalue weighted by Crippen LogP contribution is 2.36. The van der Waals surface area contributed by atoms with Crippen LogP contribution in [0.3, 0.4) is 0 Å². The molecule has 6 heteroatoms. The Balaban J connectivity index is 2.37. The lowest BCUT2D eigenvalue weighted by molar-refractivity contribution is -0.144. The molecule has 2 aromatic rings. The van der Waals surface area contributed by atoms with Crippen molar-refractivity contribution in [1.82, 2.24) is 0 Å². The summed E-state index contributed by atoms with van der Waals surface area (Å²) in [4.78, 5) is 0. The Morgan fingerprint density at radius 2 is 1.50 bits per heavy atom. The standard InChI is InChI=1S/C14H10F5N/c15-10-7-4-8-11(12(10)16)20-13(14(17,18)19)9-5-2-1-3-6-9/h1-8,13,20H. The van der Waals surface area contributed by atoms with Gasteiger partial charge in [0.1, 0.15) is 6.04 Å². The summed E-state index contributed by atoms with van der Waals surface area (Å²) in [6, 6.07) is 7.91. The molecular formula is C14H10F5N. The van der Waals surface area contributed by atoms with Gasteiger partial charge in [-0.05, 0) is 17.7 Å². The molecular weight excluding hydrogens is 277 g/mol. The van der Waals surface area contributed by atoms with Gasteiger partial charge in [0.2, 0.25) is 0 Å². The zero-order valence-electron chi connectivity index (χ0n) is 10.1. The molecule has 0 saturated carbocycles. The van der Waals surface area contributed by atoms with Crippen LogP contribution < -0.4 is 5.32 Å². The number of rotatable bonds is 3. The van der Waals surface area contributed by atoms with E-state index in [1.807, 2.05) is 5.32 Å². The molecule has 2 rings (SSSR count). The minimum Gasteiger partial charge on any atom is -0.368 e. The summed E-state index contributed by atoms with van der Waals surface area (Å²) >= 11 is 0. The normalized spacial score (nSPS) is 13.1. The highest BCUT2D eigenvalue weighted by atomic mass is 19.4. The van der Waals surface area contributed by atoms with Crippen molar-refractivity contribution in [3.05, 3.63) is 65.7 Å². The van der Waals surface area contributed by atoms with E-state index >= 15 is 0 Å². The molecule has 0 fully saturated rings. The quantitative estimate of drug-likeness (QED) is 0.808. The van der Waals surface area contributed by atoms with Crippen molar-refractivity contribution in [1.29, 1.82) is 0 Å². The zero-order valence-corrected chi connectivity index (χ0v) is 10.1. The molecule has 2 aromatic carbocycles. The molecule has 1 nitrogen and oxygen atoms in total. The number of nitrogens with one attached hydrogen (secondary N) is 1. The van der Waals surface area contributed by atoms with Crippen LogP contribution in [-0.2, 0) is 0 Å². The molecule has 0 radical (unpaired) electrons. The lowest BCUT2D eigenvalue weighted by atomic mass is 10.1. The number of hydrogen-bond donors (Lipinski definition) is 1. The molecule has 0 bridgehead atoms. The van der Waals surface area contributed by atoms with E-state index in [-0.39, 0.29) is 5.56 Å². The number of halogens is 5. The molecule has 20 heavy (non-hydrogen) atoms. The van der Waals surface area contributed by atoms with Crippen molar-refractivity contribution >= 4 is 5.69 Å². The third-order valence-electron chi connectivity index (χ3n) is 2.71. The number of alkyl halides is 3. The topological polar surface area (TPSA) is 12.0 Å². The summed E-state index contributed by atoms with van der Waals surface area (Å²) < 4.78 is 65.6. The summed E-state index contributed by atoms with van der Waals surface area (Å²) in [5.41, 5.74) is -0.611. The molecule has 0 saturated heterocycles. The number of hydrogen-bond acceptors (Lipinski definition) is 1. The molecule has 0 aliphatic carbocycles. The first kappa shape index (κ1) is 14.3. The highest BCUT2D eigenvalue weighted by molar-refractivity contribution is 5.47. The van der Waals surface area contributed by atoms with E-state index in [2.05, 4.69) is 0 Å². The fraction of sp³-hybridized carbons (Fsp3) is 0.143. The Morgan fingerprint density at radius 1 is 0.850 bits per heavy atom. The van der Waals surface area contributed by atoms with Crippen LogP contribution in [0.5, 0.6) is 0 Å². The first-order valence-electron chi connectivity index (χ1n) is 5.72. The second-order valence-corrected chi connectivity index (χ2v) is 4.13. The Labute approximate surface area is 112 Å². The molecule has 0 heterocycles. The van der Waals surface area contributed by atoms with Gasteiger partial charge in [-0.2, -0.15) is 13.2 Å². The van der Waals surface area contributed by atoms with Crippen LogP contribution >= 0.6 is 0 Å². The Hall–Kier alpha value is -2.11. The van der Waals surface area contributed by atoms with Gasteiger partial charge < -0.3 is 5.32 Å². The third kappa shape index (κ3) is 3.07. The first-order valence-corrected chi connectivity index (χ1v) is 5.72. The van der Waals surface area contributed by atoms with E-state index in [1.165, 1.54) is 24.3 Å². The molecule has 106 valence electrons. The molecule has 1 unspecified atom stereocenters. The van der Waals surface area contributed by atoms with Gasteiger partial charge in [0.25, 0.3) is 0 Å². The van der Waals surface area contributed by atoms with Gasteiger partial charge in [-0.25, -0.2) is 8.78 Å². The maximum Gasteiger partial charge on any atom is 0.412 e. The fourth-order valence-corrected chi connectivity index (χ4v) is 1.77. The van der Waals surface area contributed by atoms with Crippen molar-refractivity contribution < 1.29 is 22.0 Å². The molecule has 0 aliphatic heterocycles. The minimum atomic E-state index is -4.64. The van der Waals surface area contributed by atoms with Crippen molar-refractivity contribution in [2.45, 2.75) is 12.2 Å². The second kappa shape index (κ2) is 5.48. The van der Waals surface area contributed by atoms with Crippen molar-refractivity contribution in [3.8, 4) is 0 Å². The first-order chi connectivity index (χ1) is 9.39. The van der Waals surface area contributed by atoms with E-state index in [9.17, 15) is 22.0 Å². The molecule has 0 spiro atoms. The largest absolute Gasteiger partial charge is 0.412 e. The van der Waals surface area contributed by atoms with E-state index < -0.39 is 29.5 Å². The van der Waals surface area contributed by atoms with Crippen molar-refractivity contribution in [2.75, 3.05) is 5.32 Å². The van der Waals surface area contributed by atoms with Crippen LogP contribution in [0.4, 0.5) is 27.6 Å². The van der Waals surface area contributed by atoms with Crippen LogP contribution in [0.25, 0.3) is 0 Å². The molecule has 0 aromatic heterocycles. The maximum absolute atomic E-state index is 13.5. The van der Waals surface area contributed by atoms with Crippen LogP contribution in [0.2, 0.25) is 0 Å². The molecule has 1 atom stereocenters. The van der Waals surface area contributed by atoms with Gasteiger partial charge in [0.15, 0.2) is 11.6 Å². The maximum atomic E-state index is 13.5. The van der Waals surface area contributed by atoms with Gasteiger partial charge >= 0.3 is 6.18 Å². The summed E-state index contributed by atoms with van der Waals surface area (Å²) in [7, 11) is 0. The fourth-order valence-electron chi connectivity index (χ4n) is 1.77. The van der Waals surface area contributed by atoms with E-state index in [0.717, 1.165) is 18.2 Å². The summed E-state index contributed by atoms with van der Waals surface area (Å²) in [5.74, 6) is -2.54. The summed E-state index contributed by atoms with van der Waals surface area (Å²) in [5, 5.41) is 2.00. The molecule has 1 N–H and O–H groups in total. The van der Waals surface area contributed by atoms with E-state index in [1.54, 1.807) is 6.07 Å². The van der Waals surface area contributed by atoms with Gasteiger partial charge in [0, 0.05) is 0 Å². The predicted molar refractivity (Wildman–Crippen MR) is 65.2 cm³/mol. The van der Waals surface area contributed by atoms with Crippen molar-refractivity contribution in [2.24, 2.45) is 0 Å². The van der Waals surface area contributed by atoms with Crippen LogP contribution in [0.15, 0.2) is 48.5 Å². The van der Waals surface area contributed by atoms with Crippen LogP contribution in [0.1, 0.15) is 11.6 Å². The number of benzene rings is 2. The Kier molecular flexibility index (Phi) is 3.92. The van der Waals surface area contributed by atoms with Gasteiger partial charge in [-0.3, -0.25) is 0 Å². The molecule has 0 amide bonds. The Morgan fingerprint density at radius 3 is 2.10 bits per heavy atom. The second-order valence-electron chi connectivity index (χ2n) is 4.13. The van der Waals surface area contributed by atoms with Crippen LogP contribution in [0, 0.1) is 11.6 Å². The Bertz CT molecular complexity index is 580.